The molecule has 1 saturated heterocycles. The molecule has 2 aliphatic rings. The van der Waals surface area contributed by atoms with Crippen LogP contribution in [0.25, 0.3) is 0 Å². The SMILES string of the molecule is COc1ccc(C(=O)N2CCC3(CC2)CC3C(=O)O)cc1Br. The lowest BCUT2D eigenvalue weighted by atomic mass is 9.90. The van der Waals surface area contributed by atoms with Crippen molar-refractivity contribution in [1.82, 2.24) is 4.90 Å². The number of likely N-dealkylation sites (tertiary alicyclic amines) is 1. The van der Waals surface area contributed by atoms with Crippen LogP contribution in [0.15, 0.2) is 22.7 Å². The molecule has 1 aliphatic heterocycles. The summed E-state index contributed by atoms with van der Waals surface area (Å²) < 4.78 is 5.92. The highest BCUT2D eigenvalue weighted by molar-refractivity contribution is 9.10. The summed E-state index contributed by atoms with van der Waals surface area (Å²) in [4.78, 5) is 25.4. The average molecular weight is 368 g/mol. The summed E-state index contributed by atoms with van der Waals surface area (Å²) in [5, 5.41) is 9.11. The second-order valence-corrected chi connectivity index (χ2v) is 6.95. The molecule has 1 heterocycles. The van der Waals surface area contributed by atoms with Gasteiger partial charge in [-0.1, -0.05) is 0 Å². The molecule has 1 spiro atoms. The number of halogens is 1. The number of amides is 1. The van der Waals surface area contributed by atoms with E-state index in [1.165, 1.54) is 0 Å². The Hall–Kier alpha value is -1.56. The van der Waals surface area contributed by atoms with Crippen LogP contribution in [0, 0.1) is 11.3 Å². The summed E-state index contributed by atoms with van der Waals surface area (Å²) in [6, 6.07) is 5.29. The Morgan fingerprint density at radius 1 is 1.36 bits per heavy atom. The quantitative estimate of drug-likeness (QED) is 0.891. The van der Waals surface area contributed by atoms with Crippen LogP contribution >= 0.6 is 15.9 Å². The van der Waals surface area contributed by atoms with E-state index in [4.69, 9.17) is 9.84 Å². The Labute approximate surface area is 137 Å². The molecular formula is C16H18BrNO4. The molecule has 1 aliphatic carbocycles. The summed E-state index contributed by atoms with van der Waals surface area (Å²) in [6.07, 6.45) is 2.33. The minimum absolute atomic E-state index is 0.00859. The zero-order valence-corrected chi connectivity index (χ0v) is 13.9. The highest BCUT2D eigenvalue weighted by Gasteiger charge is 2.59. The predicted octanol–water partition coefficient (Wildman–Crippen LogP) is 2.78. The van der Waals surface area contributed by atoms with Crippen molar-refractivity contribution >= 4 is 27.8 Å². The summed E-state index contributed by atoms with van der Waals surface area (Å²) in [7, 11) is 1.58. The Balaban J connectivity index is 1.65. The minimum atomic E-state index is -0.695. The Morgan fingerprint density at radius 3 is 2.55 bits per heavy atom. The summed E-state index contributed by atoms with van der Waals surface area (Å²) in [5.41, 5.74) is 0.567. The number of carbonyl (C=O) groups is 2. The van der Waals surface area contributed by atoms with E-state index in [1.807, 2.05) is 4.90 Å². The number of aliphatic carboxylic acids is 1. The van der Waals surface area contributed by atoms with Gasteiger partial charge in [-0.3, -0.25) is 9.59 Å². The van der Waals surface area contributed by atoms with Crippen molar-refractivity contribution in [3.8, 4) is 5.75 Å². The van der Waals surface area contributed by atoms with Crippen LogP contribution in [-0.4, -0.2) is 42.1 Å². The maximum Gasteiger partial charge on any atom is 0.307 e. The molecule has 1 atom stereocenters. The van der Waals surface area contributed by atoms with Crippen molar-refractivity contribution in [2.24, 2.45) is 11.3 Å². The maximum atomic E-state index is 12.5. The van der Waals surface area contributed by atoms with Gasteiger partial charge in [-0.2, -0.15) is 0 Å². The number of carboxylic acid groups (broad SMARTS) is 1. The van der Waals surface area contributed by atoms with Gasteiger partial charge in [0, 0.05) is 18.7 Å². The zero-order chi connectivity index (χ0) is 15.9. The van der Waals surface area contributed by atoms with Gasteiger partial charge in [-0.15, -0.1) is 0 Å². The predicted molar refractivity (Wildman–Crippen MR) is 84.0 cm³/mol. The van der Waals surface area contributed by atoms with E-state index >= 15 is 0 Å². The molecule has 6 heteroatoms. The van der Waals surface area contributed by atoms with Gasteiger partial charge in [-0.25, -0.2) is 0 Å². The van der Waals surface area contributed by atoms with Crippen LogP contribution in [0.1, 0.15) is 29.6 Å². The molecule has 2 fully saturated rings. The molecule has 1 amide bonds. The van der Waals surface area contributed by atoms with Crippen molar-refractivity contribution in [2.45, 2.75) is 19.3 Å². The van der Waals surface area contributed by atoms with Gasteiger partial charge in [0.2, 0.25) is 0 Å². The number of nitrogens with zero attached hydrogens (tertiary/aromatic N) is 1. The van der Waals surface area contributed by atoms with Crippen molar-refractivity contribution < 1.29 is 19.4 Å². The maximum absolute atomic E-state index is 12.5. The standard InChI is InChI=1S/C16H18BrNO4/c1-22-13-3-2-10(8-12(13)17)14(19)18-6-4-16(5-7-18)9-11(16)15(20)21/h2-3,8,11H,4-7,9H2,1H3,(H,20,21). The van der Waals surface area contributed by atoms with Crippen molar-refractivity contribution in [3.63, 3.8) is 0 Å². The normalized spacial score (nSPS) is 22.5. The zero-order valence-electron chi connectivity index (χ0n) is 12.3. The third-order valence-electron chi connectivity index (χ3n) is 4.93. The van der Waals surface area contributed by atoms with Crippen LogP contribution in [0.4, 0.5) is 0 Å². The van der Waals surface area contributed by atoms with Crippen LogP contribution in [0.5, 0.6) is 5.75 Å². The van der Waals surface area contributed by atoms with Gasteiger partial charge in [0.05, 0.1) is 17.5 Å². The number of hydrogen-bond donors (Lipinski definition) is 1. The molecule has 1 saturated carbocycles. The van der Waals surface area contributed by atoms with Gasteiger partial charge in [-0.05, 0) is 58.8 Å². The highest BCUT2D eigenvalue weighted by atomic mass is 79.9. The number of hydrogen-bond acceptors (Lipinski definition) is 3. The average Bonchev–Trinajstić information content (AvgIpc) is 3.21. The Kier molecular flexibility index (Phi) is 3.89. The Bertz CT molecular complexity index is 623. The van der Waals surface area contributed by atoms with Gasteiger partial charge >= 0.3 is 5.97 Å². The lowest BCUT2D eigenvalue weighted by Gasteiger charge is -2.32. The summed E-state index contributed by atoms with van der Waals surface area (Å²) in [6.45, 7) is 1.26. The van der Waals surface area contributed by atoms with Crippen LogP contribution < -0.4 is 4.74 Å². The van der Waals surface area contributed by atoms with E-state index in [0.29, 0.717) is 24.4 Å². The molecule has 1 N–H and O–H groups in total. The second-order valence-electron chi connectivity index (χ2n) is 6.10. The first-order chi connectivity index (χ1) is 10.5. The monoisotopic (exact) mass is 367 g/mol. The second kappa shape index (κ2) is 5.57. The van der Waals surface area contributed by atoms with Gasteiger partial charge in [0.1, 0.15) is 5.75 Å². The topological polar surface area (TPSA) is 66.8 Å². The fraction of sp³-hybridized carbons (Fsp3) is 0.500. The number of carbonyl (C=O) groups excluding carboxylic acids is 1. The van der Waals surface area contributed by atoms with Gasteiger partial charge < -0.3 is 14.7 Å². The van der Waals surface area contributed by atoms with E-state index in [-0.39, 0.29) is 17.2 Å². The lowest BCUT2D eigenvalue weighted by molar-refractivity contribution is -0.139. The fourth-order valence-electron chi connectivity index (χ4n) is 3.39. The van der Waals surface area contributed by atoms with E-state index < -0.39 is 5.97 Å². The number of benzene rings is 1. The van der Waals surface area contributed by atoms with E-state index in [1.54, 1.807) is 25.3 Å². The molecule has 5 nitrogen and oxygen atoms in total. The molecule has 1 aromatic rings. The van der Waals surface area contributed by atoms with E-state index in [0.717, 1.165) is 23.7 Å². The fourth-order valence-corrected chi connectivity index (χ4v) is 3.93. The van der Waals surface area contributed by atoms with Crippen molar-refractivity contribution in [2.75, 3.05) is 20.2 Å². The number of carboxylic acids is 1. The van der Waals surface area contributed by atoms with Crippen LogP contribution in [0.3, 0.4) is 0 Å². The molecule has 0 aromatic heterocycles. The molecule has 22 heavy (non-hydrogen) atoms. The van der Waals surface area contributed by atoms with Crippen molar-refractivity contribution in [3.05, 3.63) is 28.2 Å². The molecule has 3 rings (SSSR count). The third-order valence-corrected chi connectivity index (χ3v) is 5.55. The van der Waals surface area contributed by atoms with E-state index in [9.17, 15) is 9.59 Å². The van der Waals surface area contributed by atoms with Gasteiger partial charge in [0.25, 0.3) is 5.91 Å². The minimum Gasteiger partial charge on any atom is -0.496 e. The number of piperidine rings is 1. The van der Waals surface area contributed by atoms with Crippen LogP contribution in [-0.2, 0) is 4.79 Å². The van der Waals surface area contributed by atoms with Crippen molar-refractivity contribution in [1.29, 1.82) is 0 Å². The molecule has 1 aromatic carbocycles. The third kappa shape index (κ3) is 2.60. The molecule has 1 unspecified atom stereocenters. The van der Waals surface area contributed by atoms with E-state index in [2.05, 4.69) is 15.9 Å². The first-order valence-corrected chi connectivity index (χ1v) is 8.12. The summed E-state index contributed by atoms with van der Waals surface area (Å²) >= 11 is 3.39. The van der Waals surface area contributed by atoms with Gasteiger partial charge in [0.15, 0.2) is 0 Å². The molecular weight excluding hydrogens is 350 g/mol. The largest absolute Gasteiger partial charge is 0.496 e. The lowest BCUT2D eigenvalue weighted by Crippen LogP contribution is -2.40. The number of ether oxygens (including phenoxy) is 1. The first kappa shape index (κ1) is 15.3. The molecule has 0 radical (unpaired) electrons. The van der Waals surface area contributed by atoms with Crippen LogP contribution in [0.2, 0.25) is 0 Å². The highest BCUT2D eigenvalue weighted by Crippen LogP contribution is 2.59. The summed E-state index contributed by atoms with van der Waals surface area (Å²) in [5.74, 6) is -0.221. The molecule has 0 bridgehead atoms. The smallest absolute Gasteiger partial charge is 0.307 e. The number of methoxy groups -OCH3 is 1. The molecule has 118 valence electrons. The Morgan fingerprint density at radius 2 is 2.05 bits per heavy atom. The first-order valence-electron chi connectivity index (χ1n) is 7.32. The number of rotatable bonds is 3.